The van der Waals surface area contributed by atoms with Gasteiger partial charge in [-0.25, -0.2) is 14.5 Å². The van der Waals surface area contributed by atoms with Gasteiger partial charge in [0.05, 0.1) is 11.3 Å². The van der Waals surface area contributed by atoms with Crippen LogP contribution in [0.15, 0.2) is 42.6 Å². The van der Waals surface area contributed by atoms with Gasteiger partial charge in [-0.05, 0) is 30.0 Å². The maximum Gasteiger partial charge on any atom is 0.336 e. The van der Waals surface area contributed by atoms with Crippen molar-refractivity contribution in [2.45, 2.75) is 71.3 Å². The van der Waals surface area contributed by atoms with E-state index in [0.717, 1.165) is 43.0 Å². The second-order valence-electron chi connectivity index (χ2n) is 8.81. The number of carboxylic acid groups (broad SMARTS) is 1. The van der Waals surface area contributed by atoms with E-state index < -0.39 is 5.97 Å². The van der Waals surface area contributed by atoms with Gasteiger partial charge in [-0.2, -0.15) is 5.10 Å². The van der Waals surface area contributed by atoms with Gasteiger partial charge in [0, 0.05) is 31.1 Å². The lowest BCUT2D eigenvalue weighted by Crippen LogP contribution is -2.10. The lowest BCUT2D eigenvalue weighted by molar-refractivity contribution is 0.0697. The summed E-state index contributed by atoms with van der Waals surface area (Å²) in [5.41, 5.74) is 2.61. The third-order valence-electron chi connectivity index (χ3n) is 6.33. The molecule has 3 aromatic rings. The molecule has 2 aromatic heterocycles. The van der Waals surface area contributed by atoms with Crippen LogP contribution in [-0.4, -0.2) is 30.8 Å². The zero-order valence-electron chi connectivity index (χ0n) is 18.8. The Morgan fingerprint density at radius 3 is 2.66 bits per heavy atom. The van der Waals surface area contributed by atoms with Crippen molar-refractivity contribution in [1.82, 2.24) is 19.7 Å². The molecule has 1 aliphatic carbocycles. The molecule has 1 aliphatic rings. The van der Waals surface area contributed by atoms with Gasteiger partial charge >= 0.3 is 5.97 Å². The minimum Gasteiger partial charge on any atom is -0.478 e. The van der Waals surface area contributed by atoms with Gasteiger partial charge in [-0.3, -0.25) is 4.98 Å². The van der Waals surface area contributed by atoms with Crippen LogP contribution in [0.5, 0.6) is 0 Å². The third kappa shape index (κ3) is 5.42. The van der Waals surface area contributed by atoms with E-state index in [1.165, 1.54) is 32.1 Å². The van der Waals surface area contributed by atoms with E-state index in [1.54, 1.807) is 18.2 Å². The average Bonchev–Trinajstić information content (AvgIpc) is 3.19. The minimum atomic E-state index is -0.944. The molecule has 6 nitrogen and oxygen atoms in total. The molecule has 1 N–H and O–H groups in total. The molecule has 4 rings (SSSR count). The topological polar surface area (TPSA) is 80.9 Å². The first-order valence-electron chi connectivity index (χ1n) is 11.8. The molecule has 0 bridgehead atoms. The summed E-state index contributed by atoms with van der Waals surface area (Å²) < 4.78 is 2.08. The zero-order chi connectivity index (χ0) is 22.3. The Labute approximate surface area is 189 Å². The van der Waals surface area contributed by atoms with Crippen molar-refractivity contribution in [3.8, 4) is 11.3 Å². The molecule has 1 aromatic carbocycles. The van der Waals surface area contributed by atoms with Crippen molar-refractivity contribution in [3.63, 3.8) is 0 Å². The summed E-state index contributed by atoms with van der Waals surface area (Å²) in [7, 11) is 0. The Bertz CT molecular complexity index is 1040. The van der Waals surface area contributed by atoms with Crippen LogP contribution < -0.4 is 0 Å². The minimum absolute atomic E-state index is 0.263. The predicted molar refractivity (Wildman–Crippen MR) is 125 cm³/mol. The van der Waals surface area contributed by atoms with E-state index in [2.05, 4.69) is 16.6 Å². The summed E-state index contributed by atoms with van der Waals surface area (Å²) >= 11 is 0. The summed E-state index contributed by atoms with van der Waals surface area (Å²) in [5, 5.41) is 14.3. The quantitative estimate of drug-likeness (QED) is 0.479. The van der Waals surface area contributed by atoms with Crippen LogP contribution in [0.2, 0.25) is 0 Å². The number of hydrogen-bond donors (Lipinski definition) is 1. The first-order valence-corrected chi connectivity index (χ1v) is 11.8. The van der Waals surface area contributed by atoms with Gasteiger partial charge in [0.1, 0.15) is 5.82 Å². The molecule has 32 heavy (non-hydrogen) atoms. The maximum atomic E-state index is 11.5. The third-order valence-corrected chi connectivity index (χ3v) is 6.33. The monoisotopic (exact) mass is 432 g/mol. The van der Waals surface area contributed by atoms with E-state index in [4.69, 9.17) is 10.1 Å². The van der Waals surface area contributed by atoms with E-state index in [-0.39, 0.29) is 5.56 Å². The molecule has 1 fully saturated rings. The number of hydrogen-bond acceptors (Lipinski definition) is 4. The molecule has 0 spiro atoms. The Balaban J connectivity index is 1.52. The van der Waals surface area contributed by atoms with E-state index >= 15 is 0 Å². The number of carbonyl (C=O) groups is 1. The molecule has 0 amide bonds. The molecule has 2 heterocycles. The summed E-state index contributed by atoms with van der Waals surface area (Å²) in [6.45, 7) is 3.08. The summed E-state index contributed by atoms with van der Waals surface area (Å²) in [5.74, 6) is 1.74. The smallest absolute Gasteiger partial charge is 0.336 e. The number of aromatic carboxylic acids is 1. The van der Waals surface area contributed by atoms with E-state index in [9.17, 15) is 9.90 Å². The summed E-state index contributed by atoms with van der Waals surface area (Å²) in [4.78, 5) is 21.0. The fraction of sp³-hybridized carbons (Fsp3) is 0.462. The SMILES string of the molecule is CCCCn1nc(CC2CCCCC2)nc1Cc1ccc(-c2ccccc2C(=O)O)nc1. The molecule has 0 unspecified atom stereocenters. The highest BCUT2D eigenvalue weighted by Gasteiger charge is 2.18. The van der Waals surface area contributed by atoms with Gasteiger partial charge in [0.15, 0.2) is 5.82 Å². The Hall–Kier alpha value is -3.02. The largest absolute Gasteiger partial charge is 0.478 e. The standard InChI is InChI=1S/C26H32N4O2/c1-2-3-15-30-25(28-24(29-30)16-19-9-5-4-6-10-19)17-20-13-14-23(27-18-20)21-11-7-8-12-22(21)26(31)32/h7-8,11-14,18-19H,2-6,9-10,15-17H2,1H3,(H,31,32). The lowest BCUT2D eigenvalue weighted by Gasteiger charge is -2.19. The van der Waals surface area contributed by atoms with Crippen molar-refractivity contribution < 1.29 is 9.90 Å². The molecule has 0 saturated heterocycles. The molecule has 0 radical (unpaired) electrons. The molecule has 6 heteroatoms. The van der Waals surface area contributed by atoms with Crippen molar-refractivity contribution in [2.24, 2.45) is 5.92 Å². The van der Waals surface area contributed by atoms with Crippen molar-refractivity contribution in [3.05, 3.63) is 65.4 Å². The van der Waals surface area contributed by atoms with Crippen LogP contribution in [0, 0.1) is 5.92 Å². The van der Waals surface area contributed by atoms with Crippen LogP contribution in [0.25, 0.3) is 11.3 Å². The van der Waals surface area contributed by atoms with Crippen LogP contribution in [0.3, 0.4) is 0 Å². The lowest BCUT2D eigenvalue weighted by atomic mass is 9.87. The van der Waals surface area contributed by atoms with Crippen LogP contribution in [-0.2, 0) is 19.4 Å². The van der Waals surface area contributed by atoms with Crippen LogP contribution in [0.1, 0.15) is 79.4 Å². The van der Waals surface area contributed by atoms with Gasteiger partial charge < -0.3 is 5.11 Å². The van der Waals surface area contributed by atoms with Crippen LogP contribution in [0.4, 0.5) is 0 Å². The highest BCUT2D eigenvalue weighted by molar-refractivity contribution is 5.95. The summed E-state index contributed by atoms with van der Waals surface area (Å²) in [6, 6.07) is 10.9. The van der Waals surface area contributed by atoms with Crippen molar-refractivity contribution in [2.75, 3.05) is 0 Å². The maximum absolute atomic E-state index is 11.5. The first-order chi connectivity index (χ1) is 15.6. The number of aryl methyl sites for hydroxylation is 1. The van der Waals surface area contributed by atoms with Crippen molar-refractivity contribution in [1.29, 1.82) is 0 Å². The average molecular weight is 433 g/mol. The van der Waals surface area contributed by atoms with Gasteiger partial charge in [-0.1, -0.05) is 69.7 Å². The molecular formula is C26H32N4O2. The number of pyridine rings is 1. The second kappa shape index (κ2) is 10.5. The normalized spacial score (nSPS) is 14.5. The second-order valence-corrected chi connectivity index (χ2v) is 8.81. The molecule has 1 saturated carbocycles. The van der Waals surface area contributed by atoms with Gasteiger partial charge in [-0.15, -0.1) is 0 Å². The predicted octanol–water partition coefficient (Wildman–Crippen LogP) is 5.55. The van der Waals surface area contributed by atoms with E-state index in [1.807, 2.05) is 24.4 Å². The summed E-state index contributed by atoms with van der Waals surface area (Å²) in [6.07, 6.45) is 12.3. The van der Waals surface area contributed by atoms with E-state index in [0.29, 0.717) is 23.6 Å². The highest BCUT2D eigenvalue weighted by Crippen LogP contribution is 2.26. The number of carboxylic acids is 1. The first kappa shape index (κ1) is 22.2. The molecular weight excluding hydrogens is 400 g/mol. The van der Waals surface area contributed by atoms with Crippen molar-refractivity contribution >= 4 is 5.97 Å². The number of nitrogens with zero attached hydrogens (tertiary/aromatic N) is 4. The Morgan fingerprint density at radius 2 is 1.94 bits per heavy atom. The molecule has 168 valence electrons. The van der Waals surface area contributed by atoms with Gasteiger partial charge in [0.25, 0.3) is 0 Å². The zero-order valence-corrected chi connectivity index (χ0v) is 18.8. The fourth-order valence-corrected chi connectivity index (χ4v) is 4.54. The Morgan fingerprint density at radius 1 is 1.12 bits per heavy atom. The fourth-order valence-electron chi connectivity index (χ4n) is 4.54. The highest BCUT2D eigenvalue weighted by atomic mass is 16.4. The number of rotatable bonds is 9. The van der Waals surface area contributed by atoms with Gasteiger partial charge in [0.2, 0.25) is 0 Å². The number of benzene rings is 1. The number of aromatic nitrogens is 4. The molecule has 0 aliphatic heterocycles. The number of unbranched alkanes of at least 4 members (excludes halogenated alkanes) is 1. The molecule has 0 atom stereocenters. The Kier molecular flexibility index (Phi) is 7.30. The van der Waals surface area contributed by atoms with Crippen LogP contribution >= 0.6 is 0 Å².